The molecule has 1 unspecified atom stereocenters. The molecule has 0 aromatic carbocycles. The molecule has 0 aliphatic carbocycles. The van der Waals surface area contributed by atoms with E-state index in [4.69, 9.17) is 0 Å². The molecule has 21 heavy (non-hydrogen) atoms. The van der Waals surface area contributed by atoms with Crippen LogP contribution in [0, 0.1) is 5.92 Å². The third-order valence-corrected chi connectivity index (χ3v) is 6.09. The number of pyridine rings is 1. The predicted octanol–water partition coefficient (Wildman–Crippen LogP) is 6.13. The lowest BCUT2D eigenvalue weighted by Gasteiger charge is -2.04. The van der Waals surface area contributed by atoms with Crippen molar-refractivity contribution in [2.24, 2.45) is 5.92 Å². The summed E-state index contributed by atoms with van der Waals surface area (Å²) in [5, 5.41) is 0. The van der Waals surface area contributed by atoms with Crippen LogP contribution in [-0.4, -0.2) is 4.98 Å². The molecule has 3 rings (SSSR count). The van der Waals surface area contributed by atoms with E-state index < -0.39 is 0 Å². The molecule has 0 aliphatic rings. The van der Waals surface area contributed by atoms with Crippen LogP contribution >= 0.6 is 22.7 Å². The van der Waals surface area contributed by atoms with Gasteiger partial charge in [0.1, 0.15) is 0 Å². The summed E-state index contributed by atoms with van der Waals surface area (Å²) in [6, 6.07) is 15.0. The first-order valence-electron chi connectivity index (χ1n) is 7.36. The Hall–Kier alpha value is -1.45. The Morgan fingerprint density at radius 2 is 1.71 bits per heavy atom. The normalized spacial score (nSPS) is 12.5. The highest BCUT2D eigenvalue weighted by Gasteiger charge is 2.09. The quantitative estimate of drug-likeness (QED) is 0.552. The fraction of sp³-hybridized carbons (Fsp3) is 0.278. The zero-order valence-electron chi connectivity index (χ0n) is 12.4. The average Bonchev–Trinajstić information content (AvgIpc) is 3.17. The Kier molecular flexibility index (Phi) is 4.51. The molecular weight excluding hydrogens is 294 g/mol. The Bertz CT molecular complexity index is 697. The standard InChI is InChI=1S/C18H19NS2/c1-3-13(2)12-14-7-8-17(20-14)18-10-9-16(21-18)15-6-4-5-11-19-15/h4-11,13H,3,12H2,1-2H3. The van der Waals surface area contributed by atoms with E-state index in [0.717, 1.165) is 11.6 Å². The van der Waals surface area contributed by atoms with Crippen LogP contribution in [0.25, 0.3) is 20.3 Å². The van der Waals surface area contributed by atoms with Crippen LogP contribution in [0.3, 0.4) is 0 Å². The van der Waals surface area contributed by atoms with Crippen molar-refractivity contribution in [3.8, 4) is 20.3 Å². The second-order valence-corrected chi connectivity index (χ2v) is 7.61. The first kappa shape index (κ1) is 14.5. The van der Waals surface area contributed by atoms with Crippen molar-refractivity contribution in [2.75, 3.05) is 0 Å². The maximum Gasteiger partial charge on any atom is 0.0801 e. The maximum absolute atomic E-state index is 4.43. The van der Waals surface area contributed by atoms with Gasteiger partial charge in [-0.15, -0.1) is 22.7 Å². The molecule has 3 heterocycles. The summed E-state index contributed by atoms with van der Waals surface area (Å²) in [6.07, 6.45) is 4.29. The van der Waals surface area contributed by atoms with Gasteiger partial charge in [-0.1, -0.05) is 26.3 Å². The first-order chi connectivity index (χ1) is 10.3. The van der Waals surface area contributed by atoms with Gasteiger partial charge < -0.3 is 0 Å². The highest BCUT2D eigenvalue weighted by Crippen LogP contribution is 2.37. The zero-order valence-corrected chi connectivity index (χ0v) is 14.0. The van der Waals surface area contributed by atoms with Gasteiger partial charge in [-0.05, 0) is 48.7 Å². The number of thiophene rings is 2. The maximum atomic E-state index is 4.43. The summed E-state index contributed by atoms with van der Waals surface area (Å²) < 4.78 is 0. The minimum atomic E-state index is 0.768. The average molecular weight is 313 g/mol. The molecule has 1 atom stereocenters. The van der Waals surface area contributed by atoms with Gasteiger partial charge in [0.2, 0.25) is 0 Å². The van der Waals surface area contributed by atoms with Crippen molar-refractivity contribution in [1.29, 1.82) is 0 Å². The molecule has 0 fully saturated rings. The van der Waals surface area contributed by atoms with Gasteiger partial charge in [0.15, 0.2) is 0 Å². The number of nitrogens with zero attached hydrogens (tertiary/aromatic N) is 1. The lowest BCUT2D eigenvalue weighted by molar-refractivity contribution is 0.565. The molecule has 1 nitrogen and oxygen atoms in total. The van der Waals surface area contributed by atoms with E-state index in [2.05, 4.69) is 49.2 Å². The van der Waals surface area contributed by atoms with Gasteiger partial charge in [-0.3, -0.25) is 4.98 Å². The topological polar surface area (TPSA) is 12.9 Å². The van der Waals surface area contributed by atoms with E-state index in [9.17, 15) is 0 Å². The van der Waals surface area contributed by atoms with Gasteiger partial charge in [0, 0.05) is 20.8 Å². The summed E-state index contributed by atoms with van der Waals surface area (Å²) >= 11 is 3.75. The predicted molar refractivity (Wildman–Crippen MR) is 94.0 cm³/mol. The van der Waals surface area contributed by atoms with Gasteiger partial charge in [0.05, 0.1) is 10.6 Å². The molecule has 0 spiro atoms. The molecule has 3 heteroatoms. The molecule has 108 valence electrons. The largest absolute Gasteiger partial charge is 0.255 e. The highest BCUT2D eigenvalue weighted by molar-refractivity contribution is 7.23. The van der Waals surface area contributed by atoms with Crippen molar-refractivity contribution in [3.05, 3.63) is 53.5 Å². The van der Waals surface area contributed by atoms with Crippen LogP contribution < -0.4 is 0 Å². The van der Waals surface area contributed by atoms with E-state index in [-0.39, 0.29) is 0 Å². The van der Waals surface area contributed by atoms with E-state index in [1.54, 1.807) is 0 Å². The van der Waals surface area contributed by atoms with Crippen LogP contribution in [0.5, 0.6) is 0 Å². The molecule has 0 amide bonds. The van der Waals surface area contributed by atoms with Gasteiger partial charge in [0.25, 0.3) is 0 Å². The molecule has 0 bridgehead atoms. The molecule has 0 N–H and O–H groups in total. The van der Waals surface area contributed by atoms with Crippen LogP contribution in [0.1, 0.15) is 25.1 Å². The zero-order chi connectivity index (χ0) is 14.7. The summed E-state index contributed by atoms with van der Waals surface area (Å²) in [4.78, 5) is 9.88. The van der Waals surface area contributed by atoms with Crippen molar-refractivity contribution in [1.82, 2.24) is 4.98 Å². The number of rotatable bonds is 5. The van der Waals surface area contributed by atoms with Crippen LogP contribution in [-0.2, 0) is 6.42 Å². The minimum absolute atomic E-state index is 0.768. The van der Waals surface area contributed by atoms with Gasteiger partial charge in [-0.25, -0.2) is 0 Å². The Morgan fingerprint density at radius 3 is 2.48 bits per heavy atom. The molecular formula is C18H19NS2. The molecule has 0 aliphatic heterocycles. The summed E-state index contributed by atoms with van der Waals surface area (Å²) in [7, 11) is 0. The van der Waals surface area contributed by atoms with Crippen LogP contribution in [0.15, 0.2) is 48.7 Å². The Morgan fingerprint density at radius 1 is 0.952 bits per heavy atom. The minimum Gasteiger partial charge on any atom is -0.255 e. The van der Waals surface area contributed by atoms with E-state index in [0.29, 0.717) is 0 Å². The fourth-order valence-electron chi connectivity index (χ4n) is 2.22. The third kappa shape index (κ3) is 3.42. The summed E-state index contributed by atoms with van der Waals surface area (Å²) in [5.41, 5.74) is 1.06. The Balaban J connectivity index is 1.80. The van der Waals surface area contributed by atoms with Gasteiger partial charge >= 0.3 is 0 Å². The van der Waals surface area contributed by atoms with E-state index in [1.165, 1.54) is 32.4 Å². The monoisotopic (exact) mass is 313 g/mol. The SMILES string of the molecule is CCC(C)Cc1ccc(-c2ccc(-c3ccccn3)s2)s1. The molecule has 0 saturated heterocycles. The lowest BCUT2D eigenvalue weighted by Crippen LogP contribution is -1.94. The number of hydrogen-bond donors (Lipinski definition) is 0. The second kappa shape index (κ2) is 6.54. The molecule has 3 aromatic heterocycles. The molecule has 3 aromatic rings. The van der Waals surface area contributed by atoms with Gasteiger partial charge in [-0.2, -0.15) is 0 Å². The number of hydrogen-bond acceptors (Lipinski definition) is 3. The van der Waals surface area contributed by atoms with Crippen molar-refractivity contribution in [2.45, 2.75) is 26.7 Å². The molecule has 0 radical (unpaired) electrons. The third-order valence-electron chi connectivity index (χ3n) is 3.67. The van der Waals surface area contributed by atoms with E-state index in [1.807, 2.05) is 41.0 Å². The summed E-state index contributed by atoms with van der Waals surface area (Å²) in [5.74, 6) is 0.768. The number of aromatic nitrogens is 1. The lowest BCUT2D eigenvalue weighted by atomic mass is 10.0. The molecule has 0 saturated carbocycles. The van der Waals surface area contributed by atoms with E-state index >= 15 is 0 Å². The highest BCUT2D eigenvalue weighted by atomic mass is 32.1. The first-order valence-corrected chi connectivity index (χ1v) is 9.00. The van der Waals surface area contributed by atoms with Crippen molar-refractivity contribution in [3.63, 3.8) is 0 Å². The second-order valence-electron chi connectivity index (χ2n) is 5.36. The van der Waals surface area contributed by atoms with Crippen LogP contribution in [0.4, 0.5) is 0 Å². The Labute approximate surface area is 134 Å². The van der Waals surface area contributed by atoms with Crippen molar-refractivity contribution < 1.29 is 0 Å². The fourth-order valence-corrected chi connectivity index (χ4v) is 4.47. The van der Waals surface area contributed by atoms with Crippen LogP contribution in [0.2, 0.25) is 0 Å². The summed E-state index contributed by atoms with van der Waals surface area (Å²) in [6.45, 7) is 4.58. The smallest absolute Gasteiger partial charge is 0.0801 e. The van der Waals surface area contributed by atoms with Crippen molar-refractivity contribution >= 4 is 22.7 Å².